The summed E-state index contributed by atoms with van der Waals surface area (Å²) in [7, 11) is 3.48. The van der Waals surface area contributed by atoms with Crippen LogP contribution in [0.3, 0.4) is 0 Å². The number of hydrogen-bond acceptors (Lipinski definition) is 3. The van der Waals surface area contributed by atoms with Gasteiger partial charge in [-0.15, -0.1) is 0 Å². The summed E-state index contributed by atoms with van der Waals surface area (Å²) in [4.78, 5) is 15.3. The zero-order chi connectivity index (χ0) is 15.4. The quantitative estimate of drug-likeness (QED) is 0.922. The van der Waals surface area contributed by atoms with Gasteiger partial charge in [-0.2, -0.15) is 0 Å². The summed E-state index contributed by atoms with van der Waals surface area (Å²) in [5.41, 5.74) is 0.206. The number of nitrogens with one attached hydrogen (secondary N) is 1. The molecular formula is C15H21F2N3O. The number of likely N-dealkylation sites (tertiary alicyclic amines) is 1. The number of benzene rings is 1. The molecule has 1 fully saturated rings. The van der Waals surface area contributed by atoms with E-state index < -0.39 is 11.6 Å². The normalized spacial score (nSPS) is 16.8. The number of anilines is 1. The third kappa shape index (κ3) is 4.14. The Bertz CT molecular complexity index is 500. The van der Waals surface area contributed by atoms with Crippen molar-refractivity contribution in [1.82, 2.24) is 9.80 Å². The molecule has 1 aliphatic heterocycles. The number of hydrogen-bond donors (Lipinski definition) is 1. The summed E-state index contributed by atoms with van der Waals surface area (Å²) in [5, 5.41) is 3.05. The summed E-state index contributed by atoms with van der Waals surface area (Å²) in [5.74, 6) is -1.59. The molecule has 0 aromatic heterocycles. The Morgan fingerprint density at radius 1 is 1.33 bits per heavy atom. The molecular weight excluding hydrogens is 276 g/mol. The SMILES string of the molecule is CN(C)C(=O)CN1CCC(Nc2cccc(F)c2F)CC1. The van der Waals surface area contributed by atoms with Crippen LogP contribution < -0.4 is 5.32 Å². The summed E-state index contributed by atoms with van der Waals surface area (Å²) in [6.07, 6.45) is 1.60. The van der Waals surface area contributed by atoms with Crippen molar-refractivity contribution in [1.29, 1.82) is 0 Å². The van der Waals surface area contributed by atoms with Crippen LogP contribution in [0.15, 0.2) is 18.2 Å². The second-order valence-corrected chi connectivity index (χ2v) is 5.58. The van der Waals surface area contributed by atoms with Crippen LogP contribution in [-0.2, 0) is 4.79 Å². The molecule has 1 aliphatic rings. The average Bonchev–Trinajstić information content (AvgIpc) is 2.46. The number of likely N-dealkylation sites (N-methyl/N-ethyl adjacent to an activating group) is 1. The van der Waals surface area contributed by atoms with Gasteiger partial charge in [-0.05, 0) is 25.0 Å². The molecule has 1 aromatic rings. The summed E-state index contributed by atoms with van der Waals surface area (Å²) < 4.78 is 26.7. The van der Waals surface area contributed by atoms with Gasteiger partial charge in [-0.3, -0.25) is 9.69 Å². The molecule has 1 aromatic carbocycles. The lowest BCUT2D eigenvalue weighted by Crippen LogP contribution is -2.44. The van der Waals surface area contributed by atoms with Crippen LogP contribution in [0.25, 0.3) is 0 Å². The van der Waals surface area contributed by atoms with Crippen molar-refractivity contribution in [3.8, 4) is 0 Å². The van der Waals surface area contributed by atoms with Crippen LogP contribution in [0.1, 0.15) is 12.8 Å². The highest BCUT2D eigenvalue weighted by atomic mass is 19.2. The van der Waals surface area contributed by atoms with Crippen molar-refractivity contribution in [2.45, 2.75) is 18.9 Å². The molecule has 0 radical (unpaired) electrons. The molecule has 4 nitrogen and oxygen atoms in total. The summed E-state index contributed by atoms with van der Waals surface area (Å²) in [6, 6.07) is 4.24. The van der Waals surface area contributed by atoms with E-state index in [1.54, 1.807) is 25.1 Å². The standard InChI is InChI=1S/C15H21F2N3O/c1-19(2)14(21)10-20-8-6-11(7-9-20)18-13-5-3-4-12(16)15(13)17/h3-5,11,18H,6-10H2,1-2H3. The Morgan fingerprint density at radius 2 is 2.00 bits per heavy atom. The van der Waals surface area contributed by atoms with E-state index in [2.05, 4.69) is 10.2 Å². The second-order valence-electron chi connectivity index (χ2n) is 5.58. The van der Waals surface area contributed by atoms with Gasteiger partial charge in [-0.25, -0.2) is 8.78 Å². The minimum absolute atomic E-state index is 0.0811. The fourth-order valence-electron chi connectivity index (χ4n) is 2.40. The largest absolute Gasteiger partial charge is 0.380 e. The number of nitrogens with zero attached hydrogens (tertiary/aromatic N) is 2. The van der Waals surface area contributed by atoms with Gasteiger partial charge in [0.15, 0.2) is 11.6 Å². The van der Waals surface area contributed by atoms with Crippen LogP contribution >= 0.6 is 0 Å². The molecule has 116 valence electrons. The van der Waals surface area contributed by atoms with E-state index in [-0.39, 0.29) is 17.6 Å². The van der Waals surface area contributed by atoms with Crippen molar-refractivity contribution in [2.24, 2.45) is 0 Å². The molecule has 6 heteroatoms. The predicted molar refractivity (Wildman–Crippen MR) is 78.1 cm³/mol. The topological polar surface area (TPSA) is 35.6 Å². The Morgan fingerprint density at radius 3 is 2.62 bits per heavy atom. The van der Waals surface area contributed by atoms with Crippen LogP contribution in [-0.4, -0.2) is 55.5 Å². The molecule has 0 aliphatic carbocycles. The highest BCUT2D eigenvalue weighted by molar-refractivity contribution is 5.77. The first-order valence-corrected chi connectivity index (χ1v) is 7.10. The average molecular weight is 297 g/mol. The molecule has 0 unspecified atom stereocenters. The number of piperidine rings is 1. The minimum atomic E-state index is -0.839. The van der Waals surface area contributed by atoms with Crippen molar-refractivity contribution >= 4 is 11.6 Å². The highest BCUT2D eigenvalue weighted by Crippen LogP contribution is 2.21. The first-order valence-electron chi connectivity index (χ1n) is 7.10. The van der Waals surface area contributed by atoms with Crippen LogP contribution in [0.2, 0.25) is 0 Å². The Labute approximate surface area is 123 Å². The molecule has 1 amide bonds. The first-order chi connectivity index (χ1) is 9.97. The van der Waals surface area contributed by atoms with E-state index in [4.69, 9.17) is 0 Å². The van der Waals surface area contributed by atoms with Gasteiger partial charge in [0.2, 0.25) is 5.91 Å². The minimum Gasteiger partial charge on any atom is -0.380 e. The summed E-state index contributed by atoms with van der Waals surface area (Å²) in [6.45, 7) is 1.95. The maximum Gasteiger partial charge on any atom is 0.236 e. The first kappa shape index (κ1) is 15.7. The van der Waals surface area contributed by atoms with Gasteiger partial charge < -0.3 is 10.2 Å². The lowest BCUT2D eigenvalue weighted by Gasteiger charge is -2.33. The van der Waals surface area contributed by atoms with Gasteiger partial charge in [0.05, 0.1) is 12.2 Å². The Balaban J connectivity index is 1.84. The van der Waals surface area contributed by atoms with E-state index >= 15 is 0 Å². The zero-order valence-electron chi connectivity index (χ0n) is 12.4. The van der Waals surface area contributed by atoms with E-state index in [1.165, 1.54) is 6.07 Å². The summed E-state index contributed by atoms with van der Waals surface area (Å²) >= 11 is 0. The van der Waals surface area contributed by atoms with Crippen molar-refractivity contribution in [3.05, 3.63) is 29.8 Å². The molecule has 1 heterocycles. The molecule has 2 rings (SSSR count). The fraction of sp³-hybridized carbons (Fsp3) is 0.533. The Hall–Kier alpha value is -1.69. The zero-order valence-corrected chi connectivity index (χ0v) is 12.4. The monoisotopic (exact) mass is 297 g/mol. The number of rotatable bonds is 4. The molecule has 0 spiro atoms. The van der Waals surface area contributed by atoms with E-state index in [1.807, 2.05) is 0 Å². The van der Waals surface area contributed by atoms with E-state index in [0.717, 1.165) is 32.0 Å². The number of carbonyl (C=O) groups excluding carboxylic acids is 1. The van der Waals surface area contributed by atoms with Gasteiger partial charge in [-0.1, -0.05) is 6.07 Å². The van der Waals surface area contributed by atoms with Crippen molar-refractivity contribution in [2.75, 3.05) is 39.0 Å². The number of amides is 1. The second kappa shape index (κ2) is 6.85. The number of carbonyl (C=O) groups is 1. The van der Waals surface area contributed by atoms with Crippen molar-refractivity contribution in [3.63, 3.8) is 0 Å². The van der Waals surface area contributed by atoms with E-state index in [0.29, 0.717) is 6.54 Å². The number of halogens is 2. The molecule has 21 heavy (non-hydrogen) atoms. The highest BCUT2D eigenvalue weighted by Gasteiger charge is 2.22. The van der Waals surface area contributed by atoms with Crippen LogP contribution in [0, 0.1) is 11.6 Å². The van der Waals surface area contributed by atoms with Gasteiger partial charge in [0.1, 0.15) is 0 Å². The molecule has 1 N–H and O–H groups in total. The molecule has 0 saturated carbocycles. The molecule has 0 bridgehead atoms. The third-order valence-corrected chi connectivity index (χ3v) is 3.76. The smallest absolute Gasteiger partial charge is 0.236 e. The van der Waals surface area contributed by atoms with Crippen LogP contribution in [0.5, 0.6) is 0 Å². The maximum absolute atomic E-state index is 13.6. The lowest BCUT2D eigenvalue weighted by molar-refractivity contribution is -0.130. The molecule has 0 atom stereocenters. The van der Waals surface area contributed by atoms with Gasteiger partial charge in [0, 0.05) is 33.2 Å². The fourth-order valence-corrected chi connectivity index (χ4v) is 2.40. The van der Waals surface area contributed by atoms with E-state index in [9.17, 15) is 13.6 Å². The third-order valence-electron chi connectivity index (χ3n) is 3.76. The van der Waals surface area contributed by atoms with Crippen LogP contribution in [0.4, 0.5) is 14.5 Å². The van der Waals surface area contributed by atoms with Crippen molar-refractivity contribution < 1.29 is 13.6 Å². The Kier molecular flexibility index (Phi) is 5.12. The van der Waals surface area contributed by atoms with Gasteiger partial charge >= 0.3 is 0 Å². The molecule has 1 saturated heterocycles. The lowest BCUT2D eigenvalue weighted by atomic mass is 10.0. The maximum atomic E-state index is 13.6. The van der Waals surface area contributed by atoms with Gasteiger partial charge in [0.25, 0.3) is 0 Å². The predicted octanol–water partition coefficient (Wildman–Crippen LogP) is 1.93.